The Hall–Kier alpha value is -0.810. The van der Waals surface area contributed by atoms with Gasteiger partial charge in [0.05, 0.1) is 0 Å². The maximum Gasteiger partial charge on any atom is 0.222 e. The molecule has 1 aliphatic heterocycles. The highest BCUT2D eigenvalue weighted by Gasteiger charge is 2.23. The molecule has 1 rings (SSSR count). The van der Waals surface area contributed by atoms with Crippen LogP contribution in [-0.2, 0) is 9.59 Å². The number of halogens is 1. The quantitative estimate of drug-likeness (QED) is 0.650. The molecule has 1 fully saturated rings. The number of hydrogen-bond acceptors (Lipinski definition) is 3. The van der Waals surface area contributed by atoms with Crippen molar-refractivity contribution < 1.29 is 9.59 Å². The van der Waals surface area contributed by atoms with Gasteiger partial charge in [0.2, 0.25) is 11.8 Å². The van der Waals surface area contributed by atoms with Gasteiger partial charge >= 0.3 is 0 Å². The van der Waals surface area contributed by atoms with Crippen molar-refractivity contribution in [3.8, 4) is 0 Å². The van der Waals surface area contributed by atoms with Gasteiger partial charge in [0.1, 0.15) is 0 Å². The zero-order chi connectivity index (χ0) is 17.1. The van der Waals surface area contributed by atoms with E-state index in [0.29, 0.717) is 25.2 Å². The lowest BCUT2D eigenvalue weighted by Crippen LogP contribution is -2.42. The summed E-state index contributed by atoms with van der Waals surface area (Å²) in [5.41, 5.74) is 0. The highest BCUT2D eigenvalue weighted by atomic mass is 35.5. The predicted octanol–water partition coefficient (Wildman–Crippen LogP) is 2.69. The van der Waals surface area contributed by atoms with Gasteiger partial charge in [-0.05, 0) is 51.6 Å². The van der Waals surface area contributed by atoms with Crippen LogP contribution in [0.15, 0.2) is 0 Å². The Balaban J connectivity index is 0.00000529. The third-order valence-corrected chi connectivity index (χ3v) is 4.49. The van der Waals surface area contributed by atoms with Crippen LogP contribution in [0.2, 0.25) is 0 Å². The van der Waals surface area contributed by atoms with Crippen molar-refractivity contribution >= 4 is 24.2 Å². The van der Waals surface area contributed by atoms with E-state index in [1.54, 1.807) is 0 Å². The lowest BCUT2D eigenvalue weighted by atomic mass is 9.97. The van der Waals surface area contributed by atoms with Crippen LogP contribution in [0.1, 0.15) is 58.8 Å². The van der Waals surface area contributed by atoms with Gasteiger partial charge < -0.3 is 15.1 Å². The Kier molecular flexibility index (Phi) is 13.0. The number of nitrogens with zero attached hydrogens (tertiary/aromatic N) is 2. The topological polar surface area (TPSA) is 52.7 Å². The van der Waals surface area contributed by atoms with E-state index in [1.807, 2.05) is 16.8 Å². The molecule has 0 bridgehead atoms. The number of amides is 2. The van der Waals surface area contributed by atoms with E-state index in [2.05, 4.69) is 19.2 Å². The minimum Gasteiger partial charge on any atom is -0.343 e. The highest BCUT2D eigenvalue weighted by molar-refractivity contribution is 5.85. The van der Waals surface area contributed by atoms with Crippen LogP contribution < -0.4 is 5.32 Å². The second kappa shape index (κ2) is 13.5. The third-order valence-electron chi connectivity index (χ3n) is 4.49. The van der Waals surface area contributed by atoms with E-state index in [-0.39, 0.29) is 24.2 Å². The van der Waals surface area contributed by atoms with Gasteiger partial charge in [0, 0.05) is 39.0 Å². The van der Waals surface area contributed by atoms with E-state index >= 15 is 0 Å². The Morgan fingerprint density at radius 2 is 1.83 bits per heavy atom. The molecule has 0 saturated carbocycles. The first-order valence-corrected chi connectivity index (χ1v) is 9.32. The Bertz CT molecular complexity index is 358. The summed E-state index contributed by atoms with van der Waals surface area (Å²) in [6.07, 6.45) is 5.96. The Morgan fingerprint density at radius 1 is 1.17 bits per heavy atom. The standard InChI is InChI=1S/C18H35N3O2.ClH/c1-4-11-20(12-5-2)17(22)9-6-10-18(23)21-13-7-8-16(15-21)14-19-3;/h16,19H,4-15H2,1-3H3;1H. The van der Waals surface area contributed by atoms with Crippen molar-refractivity contribution in [2.75, 3.05) is 39.8 Å². The minimum absolute atomic E-state index is 0. The molecule has 1 N–H and O–H groups in total. The molecule has 24 heavy (non-hydrogen) atoms. The monoisotopic (exact) mass is 361 g/mol. The molecule has 1 heterocycles. The van der Waals surface area contributed by atoms with Crippen LogP contribution in [-0.4, -0.2) is 61.4 Å². The van der Waals surface area contributed by atoms with Crippen molar-refractivity contribution in [3.63, 3.8) is 0 Å². The van der Waals surface area contributed by atoms with Crippen molar-refractivity contribution in [3.05, 3.63) is 0 Å². The molecule has 1 unspecified atom stereocenters. The van der Waals surface area contributed by atoms with Crippen LogP contribution in [0.4, 0.5) is 0 Å². The first-order valence-electron chi connectivity index (χ1n) is 9.32. The normalized spacial score (nSPS) is 17.3. The van der Waals surface area contributed by atoms with Gasteiger partial charge in [-0.3, -0.25) is 9.59 Å². The summed E-state index contributed by atoms with van der Waals surface area (Å²) in [5, 5.41) is 3.20. The summed E-state index contributed by atoms with van der Waals surface area (Å²) in [4.78, 5) is 28.5. The smallest absolute Gasteiger partial charge is 0.222 e. The molecule has 0 aromatic carbocycles. The average molecular weight is 362 g/mol. The van der Waals surface area contributed by atoms with Gasteiger partial charge in [0.15, 0.2) is 0 Å². The molecule has 1 aliphatic rings. The summed E-state index contributed by atoms with van der Waals surface area (Å²) in [7, 11) is 1.96. The number of hydrogen-bond donors (Lipinski definition) is 1. The lowest BCUT2D eigenvalue weighted by Gasteiger charge is -2.33. The molecular formula is C18H36ClN3O2. The number of carbonyl (C=O) groups excluding carboxylic acids is 2. The molecule has 0 aromatic rings. The van der Waals surface area contributed by atoms with Crippen LogP contribution in [0.25, 0.3) is 0 Å². The van der Waals surface area contributed by atoms with Gasteiger partial charge in [0.25, 0.3) is 0 Å². The summed E-state index contributed by atoms with van der Waals surface area (Å²) in [6, 6.07) is 0. The third kappa shape index (κ3) is 8.34. The van der Waals surface area contributed by atoms with E-state index in [1.165, 1.54) is 6.42 Å². The first-order chi connectivity index (χ1) is 11.1. The first kappa shape index (κ1) is 23.2. The molecule has 0 aliphatic carbocycles. The van der Waals surface area contributed by atoms with Crippen LogP contribution in [0.3, 0.4) is 0 Å². The van der Waals surface area contributed by atoms with E-state index in [0.717, 1.165) is 52.0 Å². The summed E-state index contributed by atoms with van der Waals surface area (Å²) in [5.74, 6) is 0.994. The second-order valence-corrected chi connectivity index (χ2v) is 6.64. The molecule has 0 radical (unpaired) electrons. The fraction of sp³-hybridized carbons (Fsp3) is 0.889. The molecule has 2 amide bonds. The van der Waals surface area contributed by atoms with Gasteiger partial charge in [-0.25, -0.2) is 0 Å². The van der Waals surface area contributed by atoms with E-state index in [4.69, 9.17) is 0 Å². The molecule has 1 atom stereocenters. The predicted molar refractivity (Wildman–Crippen MR) is 101 cm³/mol. The van der Waals surface area contributed by atoms with Crippen molar-refractivity contribution in [2.45, 2.75) is 58.8 Å². The number of nitrogens with one attached hydrogen (secondary N) is 1. The van der Waals surface area contributed by atoms with E-state index < -0.39 is 0 Å². The number of piperidine rings is 1. The minimum atomic E-state index is 0. The zero-order valence-corrected chi connectivity index (χ0v) is 16.5. The number of carbonyl (C=O) groups is 2. The lowest BCUT2D eigenvalue weighted by molar-refractivity contribution is -0.134. The summed E-state index contributed by atoms with van der Waals surface area (Å²) < 4.78 is 0. The molecular weight excluding hydrogens is 326 g/mol. The van der Waals surface area contributed by atoms with E-state index in [9.17, 15) is 9.59 Å². The SMILES string of the molecule is CCCN(CCC)C(=O)CCCC(=O)N1CCCC(CNC)C1.Cl. The molecule has 1 saturated heterocycles. The molecule has 5 nitrogen and oxygen atoms in total. The zero-order valence-electron chi connectivity index (χ0n) is 15.7. The van der Waals surface area contributed by atoms with Crippen molar-refractivity contribution in [1.82, 2.24) is 15.1 Å². The second-order valence-electron chi connectivity index (χ2n) is 6.64. The van der Waals surface area contributed by atoms with Crippen LogP contribution in [0, 0.1) is 5.92 Å². The van der Waals surface area contributed by atoms with Crippen LogP contribution >= 0.6 is 12.4 Å². The number of rotatable bonds is 10. The van der Waals surface area contributed by atoms with Gasteiger partial charge in [-0.1, -0.05) is 13.8 Å². The molecule has 0 aromatic heterocycles. The summed E-state index contributed by atoms with van der Waals surface area (Å²) >= 11 is 0. The maximum absolute atomic E-state index is 12.3. The number of likely N-dealkylation sites (tertiary alicyclic amines) is 1. The molecule has 142 valence electrons. The van der Waals surface area contributed by atoms with Crippen molar-refractivity contribution in [1.29, 1.82) is 0 Å². The largest absolute Gasteiger partial charge is 0.343 e. The Morgan fingerprint density at radius 3 is 2.42 bits per heavy atom. The van der Waals surface area contributed by atoms with Crippen LogP contribution in [0.5, 0.6) is 0 Å². The molecule has 6 heteroatoms. The molecule has 0 spiro atoms. The van der Waals surface area contributed by atoms with Gasteiger partial charge in [-0.2, -0.15) is 0 Å². The van der Waals surface area contributed by atoms with Crippen molar-refractivity contribution in [2.24, 2.45) is 5.92 Å². The van der Waals surface area contributed by atoms with Gasteiger partial charge in [-0.15, -0.1) is 12.4 Å². The summed E-state index contributed by atoms with van der Waals surface area (Å²) in [6.45, 7) is 8.58. The maximum atomic E-state index is 12.3. The highest BCUT2D eigenvalue weighted by Crippen LogP contribution is 2.17. The fourth-order valence-corrected chi connectivity index (χ4v) is 3.35. The Labute approximate surface area is 153 Å². The fourth-order valence-electron chi connectivity index (χ4n) is 3.35. The average Bonchev–Trinajstić information content (AvgIpc) is 2.55.